The van der Waals surface area contributed by atoms with Gasteiger partial charge in [-0.25, -0.2) is 4.98 Å². The maximum absolute atomic E-state index is 12.9. The molecule has 126 valence electrons. The summed E-state index contributed by atoms with van der Waals surface area (Å²) in [5.74, 6) is 2.31. The lowest BCUT2D eigenvalue weighted by Gasteiger charge is -2.19. The Morgan fingerprint density at radius 2 is 2.08 bits per heavy atom. The van der Waals surface area contributed by atoms with E-state index >= 15 is 0 Å². The number of carbonyl (C=O) groups is 1. The summed E-state index contributed by atoms with van der Waals surface area (Å²) >= 11 is 0. The van der Waals surface area contributed by atoms with E-state index in [9.17, 15) is 4.79 Å². The molecule has 0 saturated heterocycles. The van der Waals surface area contributed by atoms with Crippen LogP contribution >= 0.6 is 0 Å². The van der Waals surface area contributed by atoms with Gasteiger partial charge in [0.25, 0.3) is 5.91 Å². The summed E-state index contributed by atoms with van der Waals surface area (Å²) in [6, 6.07) is 10.9. The minimum Gasteiger partial charge on any atom is -0.497 e. The van der Waals surface area contributed by atoms with Crippen LogP contribution < -0.4 is 14.4 Å². The highest BCUT2D eigenvalue weighted by molar-refractivity contribution is 6.07. The van der Waals surface area contributed by atoms with Crippen LogP contribution in [0.2, 0.25) is 0 Å². The van der Waals surface area contributed by atoms with Crippen LogP contribution in [0.3, 0.4) is 0 Å². The third-order valence-electron chi connectivity index (χ3n) is 4.11. The predicted molar refractivity (Wildman–Crippen MR) is 92.9 cm³/mol. The molecule has 5 nitrogen and oxygen atoms in total. The van der Waals surface area contributed by atoms with Crippen LogP contribution in [-0.2, 0) is 0 Å². The summed E-state index contributed by atoms with van der Waals surface area (Å²) in [6.45, 7) is 2.54. The zero-order valence-electron chi connectivity index (χ0n) is 14.3. The molecule has 0 N–H and O–H groups in total. The molecule has 0 unspecified atom stereocenters. The number of rotatable bonds is 6. The monoisotopic (exact) mass is 326 g/mol. The van der Waals surface area contributed by atoms with Crippen molar-refractivity contribution >= 4 is 11.7 Å². The molecule has 1 aromatic carbocycles. The Morgan fingerprint density at radius 1 is 1.29 bits per heavy atom. The van der Waals surface area contributed by atoms with E-state index in [1.165, 1.54) is 12.8 Å². The summed E-state index contributed by atoms with van der Waals surface area (Å²) in [7, 11) is 3.32. The molecule has 1 aliphatic rings. The standard InChI is InChI=1S/C19H22N2O3/c1-13-5-4-6-18(20-13)21(2)19(22)16-10-9-15(23-3)11-17(16)24-12-14-7-8-14/h4-6,9-11,14H,7-8,12H2,1-3H3. The summed E-state index contributed by atoms with van der Waals surface area (Å²) < 4.78 is 11.1. The first-order valence-electron chi connectivity index (χ1n) is 8.11. The molecule has 24 heavy (non-hydrogen) atoms. The lowest BCUT2D eigenvalue weighted by atomic mass is 10.1. The number of aromatic nitrogens is 1. The number of amides is 1. The molecule has 1 heterocycles. The van der Waals surface area contributed by atoms with Gasteiger partial charge in [0.1, 0.15) is 17.3 Å². The second-order valence-electron chi connectivity index (χ2n) is 6.12. The minimum atomic E-state index is -0.151. The van der Waals surface area contributed by atoms with Crippen molar-refractivity contribution in [2.24, 2.45) is 5.92 Å². The zero-order valence-corrected chi connectivity index (χ0v) is 14.3. The topological polar surface area (TPSA) is 51.7 Å². The van der Waals surface area contributed by atoms with Crippen molar-refractivity contribution in [1.82, 2.24) is 4.98 Å². The third-order valence-corrected chi connectivity index (χ3v) is 4.11. The van der Waals surface area contributed by atoms with Crippen molar-refractivity contribution in [3.63, 3.8) is 0 Å². The van der Waals surface area contributed by atoms with E-state index in [1.807, 2.05) is 25.1 Å². The first kappa shape index (κ1) is 16.3. The molecule has 1 saturated carbocycles. The Labute approximate surface area is 142 Å². The maximum atomic E-state index is 12.9. The highest BCUT2D eigenvalue weighted by atomic mass is 16.5. The fraction of sp³-hybridized carbons (Fsp3) is 0.368. The number of ether oxygens (including phenoxy) is 2. The van der Waals surface area contributed by atoms with Gasteiger partial charge >= 0.3 is 0 Å². The Balaban J connectivity index is 1.86. The number of hydrogen-bond acceptors (Lipinski definition) is 4. The molecular weight excluding hydrogens is 304 g/mol. The van der Waals surface area contributed by atoms with Crippen LogP contribution in [0.25, 0.3) is 0 Å². The quantitative estimate of drug-likeness (QED) is 0.816. The molecule has 1 amide bonds. The predicted octanol–water partition coefficient (Wildman–Crippen LogP) is 3.46. The van der Waals surface area contributed by atoms with Crippen LogP contribution in [0.15, 0.2) is 36.4 Å². The summed E-state index contributed by atoms with van der Waals surface area (Å²) in [5.41, 5.74) is 1.38. The van der Waals surface area contributed by atoms with Gasteiger partial charge in [-0.2, -0.15) is 0 Å². The van der Waals surface area contributed by atoms with E-state index in [2.05, 4.69) is 4.98 Å². The molecule has 1 aromatic heterocycles. The molecule has 0 atom stereocenters. The molecular formula is C19H22N2O3. The van der Waals surface area contributed by atoms with Gasteiger partial charge in [0.2, 0.25) is 0 Å². The fourth-order valence-corrected chi connectivity index (χ4v) is 2.42. The van der Waals surface area contributed by atoms with Crippen molar-refractivity contribution in [1.29, 1.82) is 0 Å². The van der Waals surface area contributed by atoms with Gasteiger partial charge in [-0.15, -0.1) is 0 Å². The number of nitrogens with zero attached hydrogens (tertiary/aromatic N) is 2. The Hall–Kier alpha value is -2.56. The molecule has 0 aliphatic heterocycles. The van der Waals surface area contributed by atoms with Crippen LogP contribution in [0.1, 0.15) is 28.9 Å². The lowest BCUT2D eigenvalue weighted by Crippen LogP contribution is -2.27. The van der Waals surface area contributed by atoms with Gasteiger partial charge in [0, 0.05) is 18.8 Å². The fourth-order valence-electron chi connectivity index (χ4n) is 2.42. The van der Waals surface area contributed by atoms with E-state index in [4.69, 9.17) is 9.47 Å². The molecule has 2 aromatic rings. The van der Waals surface area contributed by atoms with Gasteiger partial charge in [0.05, 0.1) is 19.3 Å². The number of anilines is 1. The number of methoxy groups -OCH3 is 1. The second kappa shape index (κ2) is 6.91. The molecule has 0 bridgehead atoms. The Kier molecular flexibility index (Phi) is 4.69. The number of carbonyl (C=O) groups excluding carboxylic acids is 1. The Morgan fingerprint density at radius 3 is 2.75 bits per heavy atom. The molecule has 1 aliphatic carbocycles. The molecule has 5 heteroatoms. The van der Waals surface area contributed by atoms with E-state index in [1.54, 1.807) is 37.3 Å². The van der Waals surface area contributed by atoms with E-state index in [0.717, 1.165) is 5.69 Å². The number of pyridine rings is 1. The zero-order chi connectivity index (χ0) is 17.1. The van der Waals surface area contributed by atoms with Gasteiger partial charge in [-0.1, -0.05) is 6.07 Å². The summed E-state index contributed by atoms with van der Waals surface area (Å²) in [4.78, 5) is 18.8. The number of hydrogen-bond donors (Lipinski definition) is 0. The van der Waals surface area contributed by atoms with Gasteiger partial charge < -0.3 is 9.47 Å². The molecule has 0 spiro atoms. The molecule has 0 radical (unpaired) electrons. The van der Waals surface area contributed by atoms with Crippen molar-refractivity contribution < 1.29 is 14.3 Å². The van der Waals surface area contributed by atoms with Crippen LogP contribution in [0.5, 0.6) is 11.5 Å². The SMILES string of the molecule is COc1ccc(C(=O)N(C)c2cccc(C)n2)c(OCC2CC2)c1. The second-order valence-corrected chi connectivity index (χ2v) is 6.12. The van der Waals surface area contributed by atoms with Crippen LogP contribution in [0, 0.1) is 12.8 Å². The number of benzene rings is 1. The molecule has 3 rings (SSSR count). The smallest absolute Gasteiger partial charge is 0.262 e. The normalized spacial score (nSPS) is 13.5. The van der Waals surface area contributed by atoms with Crippen molar-refractivity contribution in [3.8, 4) is 11.5 Å². The average Bonchev–Trinajstić information content (AvgIpc) is 3.43. The molecule has 1 fully saturated rings. The third kappa shape index (κ3) is 3.67. The van der Waals surface area contributed by atoms with Gasteiger partial charge in [-0.05, 0) is 49.9 Å². The van der Waals surface area contributed by atoms with Crippen molar-refractivity contribution in [2.45, 2.75) is 19.8 Å². The van der Waals surface area contributed by atoms with E-state index in [-0.39, 0.29) is 5.91 Å². The van der Waals surface area contributed by atoms with Gasteiger partial charge in [0.15, 0.2) is 0 Å². The largest absolute Gasteiger partial charge is 0.497 e. The average molecular weight is 326 g/mol. The van der Waals surface area contributed by atoms with Crippen molar-refractivity contribution in [3.05, 3.63) is 47.7 Å². The highest BCUT2D eigenvalue weighted by Crippen LogP contribution is 2.32. The Bertz CT molecular complexity index is 741. The first-order chi connectivity index (χ1) is 11.6. The number of aryl methyl sites for hydroxylation is 1. The lowest BCUT2D eigenvalue weighted by molar-refractivity contribution is 0.0988. The first-order valence-corrected chi connectivity index (χ1v) is 8.11. The van der Waals surface area contributed by atoms with E-state index < -0.39 is 0 Å². The van der Waals surface area contributed by atoms with Crippen molar-refractivity contribution in [2.75, 3.05) is 25.7 Å². The van der Waals surface area contributed by atoms with Crippen LogP contribution in [0.4, 0.5) is 5.82 Å². The van der Waals surface area contributed by atoms with Gasteiger partial charge in [-0.3, -0.25) is 9.69 Å². The maximum Gasteiger partial charge on any atom is 0.262 e. The minimum absolute atomic E-state index is 0.151. The highest BCUT2D eigenvalue weighted by Gasteiger charge is 2.24. The summed E-state index contributed by atoms with van der Waals surface area (Å²) in [6.07, 6.45) is 2.39. The summed E-state index contributed by atoms with van der Waals surface area (Å²) in [5, 5.41) is 0. The van der Waals surface area contributed by atoms with E-state index in [0.29, 0.717) is 35.4 Å². The van der Waals surface area contributed by atoms with Crippen LogP contribution in [-0.4, -0.2) is 31.7 Å².